The van der Waals surface area contributed by atoms with Crippen molar-refractivity contribution in [2.45, 2.75) is 31.9 Å². The lowest BCUT2D eigenvalue weighted by Crippen LogP contribution is -2.35. The quantitative estimate of drug-likeness (QED) is 0.470. The van der Waals surface area contributed by atoms with Gasteiger partial charge < -0.3 is 14.7 Å². The number of fused-ring (bicyclic) bond motifs is 1. The molecule has 7 heteroatoms. The summed E-state index contributed by atoms with van der Waals surface area (Å²) in [5.41, 5.74) is 2.71. The molecule has 1 atom stereocenters. The van der Waals surface area contributed by atoms with E-state index in [0.717, 1.165) is 22.4 Å². The zero-order valence-electron chi connectivity index (χ0n) is 18.1. The van der Waals surface area contributed by atoms with E-state index in [1.807, 2.05) is 37.3 Å². The maximum atomic E-state index is 13.2. The number of carboxylic acid groups (broad SMARTS) is 1. The second kappa shape index (κ2) is 9.46. The standard InChI is InChI=1S/C26H23Cl2NO4/c1-26(13-17-4-2-6-21(27)10-17)14-20-12-19(8-9-23(20)33-26)25(32)29(16-24(30)31)15-18-5-3-7-22(28)11-18/h2-12H,13-16H2,1H3,(H,30,31)/t26-/m1/s1. The van der Waals surface area contributed by atoms with Gasteiger partial charge in [0, 0.05) is 35.0 Å². The average Bonchev–Trinajstić information content (AvgIpc) is 3.07. The molecule has 0 saturated heterocycles. The first kappa shape index (κ1) is 23.1. The smallest absolute Gasteiger partial charge is 0.323 e. The van der Waals surface area contributed by atoms with Crippen LogP contribution in [0.3, 0.4) is 0 Å². The third kappa shape index (κ3) is 5.67. The Balaban J connectivity index is 1.53. The van der Waals surface area contributed by atoms with E-state index in [1.54, 1.807) is 36.4 Å². The van der Waals surface area contributed by atoms with Crippen LogP contribution in [0.25, 0.3) is 0 Å². The van der Waals surface area contributed by atoms with Crippen molar-refractivity contribution in [2.24, 2.45) is 0 Å². The van der Waals surface area contributed by atoms with Crippen LogP contribution in [0, 0.1) is 0 Å². The number of amides is 1. The Morgan fingerprint density at radius 1 is 1.00 bits per heavy atom. The van der Waals surface area contributed by atoms with E-state index in [-0.39, 0.29) is 12.5 Å². The molecule has 1 amide bonds. The molecule has 0 spiro atoms. The highest BCUT2D eigenvalue weighted by molar-refractivity contribution is 6.30. The van der Waals surface area contributed by atoms with Crippen LogP contribution in [0.4, 0.5) is 0 Å². The van der Waals surface area contributed by atoms with Crippen molar-refractivity contribution in [1.29, 1.82) is 0 Å². The number of rotatable bonds is 7. The molecule has 3 aromatic carbocycles. The molecular weight excluding hydrogens is 461 g/mol. The summed E-state index contributed by atoms with van der Waals surface area (Å²) >= 11 is 12.2. The van der Waals surface area contributed by atoms with Gasteiger partial charge in [-0.3, -0.25) is 9.59 Å². The van der Waals surface area contributed by atoms with Crippen LogP contribution >= 0.6 is 23.2 Å². The second-order valence-corrected chi connectivity index (χ2v) is 9.42. The number of carbonyl (C=O) groups is 2. The van der Waals surface area contributed by atoms with Crippen molar-refractivity contribution in [3.8, 4) is 5.75 Å². The van der Waals surface area contributed by atoms with E-state index in [9.17, 15) is 14.7 Å². The van der Waals surface area contributed by atoms with Gasteiger partial charge in [0.15, 0.2) is 0 Å². The van der Waals surface area contributed by atoms with Gasteiger partial charge in [-0.2, -0.15) is 0 Å². The second-order valence-electron chi connectivity index (χ2n) is 8.54. The summed E-state index contributed by atoms with van der Waals surface area (Å²) in [6.07, 6.45) is 1.30. The van der Waals surface area contributed by atoms with Crippen molar-refractivity contribution < 1.29 is 19.4 Å². The van der Waals surface area contributed by atoms with Crippen molar-refractivity contribution >= 4 is 35.1 Å². The Hall–Kier alpha value is -3.02. The average molecular weight is 484 g/mol. The van der Waals surface area contributed by atoms with Gasteiger partial charge in [-0.05, 0) is 66.1 Å². The number of aliphatic carboxylic acids is 1. The molecule has 33 heavy (non-hydrogen) atoms. The molecule has 0 unspecified atom stereocenters. The number of hydrogen-bond donors (Lipinski definition) is 1. The summed E-state index contributed by atoms with van der Waals surface area (Å²) in [6.45, 7) is 1.77. The minimum Gasteiger partial charge on any atom is -0.487 e. The highest BCUT2D eigenvalue weighted by atomic mass is 35.5. The summed E-state index contributed by atoms with van der Waals surface area (Å²) < 4.78 is 6.23. The fourth-order valence-electron chi connectivity index (χ4n) is 4.23. The highest BCUT2D eigenvalue weighted by Crippen LogP contribution is 2.38. The van der Waals surface area contributed by atoms with Crippen molar-refractivity contribution in [3.63, 3.8) is 0 Å². The normalized spacial score (nSPS) is 16.7. The first-order chi connectivity index (χ1) is 15.7. The Morgan fingerprint density at radius 2 is 1.67 bits per heavy atom. The largest absolute Gasteiger partial charge is 0.487 e. The minimum absolute atomic E-state index is 0.145. The van der Waals surface area contributed by atoms with Crippen molar-refractivity contribution in [3.05, 3.63) is 99.0 Å². The topological polar surface area (TPSA) is 66.8 Å². The van der Waals surface area contributed by atoms with E-state index in [2.05, 4.69) is 0 Å². The SMILES string of the molecule is C[C@@]1(Cc2cccc(Cl)c2)Cc2cc(C(=O)N(CC(=O)O)Cc3cccc(Cl)c3)ccc2O1. The van der Waals surface area contributed by atoms with E-state index in [0.29, 0.717) is 28.5 Å². The monoisotopic (exact) mass is 483 g/mol. The van der Waals surface area contributed by atoms with Gasteiger partial charge in [0.05, 0.1) is 0 Å². The van der Waals surface area contributed by atoms with Crippen molar-refractivity contribution in [1.82, 2.24) is 4.90 Å². The molecule has 170 valence electrons. The van der Waals surface area contributed by atoms with E-state index in [1.165, 1.54) is 4.90 Å². The zero-order chi connectivity index (χ0) is 23.6. The summed E-state index contributed by atoms with van der Waals surface area (Å²) in [6, 6.07) is 20.0. The Bertz CT molecular complexity index is 1210. The van der Waals surface area contributed by atoms with E-state index < -0.39 is 18.1 Å². The van der Waals surface area contributed by atoms with Crippen LogP contribution in [0.5, 0.6) is 5.75 Å². The van der Waals surface area contributed by atoms with Crippen LogP contribution < -0.4 is 4.74 Å². The molecule has 4 rings (SSSR count). The van der Waals surface area contributed by atoms with Gasteiger partial charge >= 0.3 is 5.97 Å². The lowest BCUT2D eigenvalue weighted by Gasteiger charge is -2.24. The van der Waals surface area contributed by atoms with Crippen LogP contribution in [-0.2, 0) is 24.2 Å². The lowest BCUT2D eigenvalue weighted by atomic mass is 9.91. The van der Waals surface area contributed by atoms with Crippen LogP contribution in [0.15, 0.2) is 66.7 Å². The number of nitrogens with zero attached hydrogens (tertiary/aromatic N) is 1. The zero-order valence-corrected chi connectivity index (χ0v) is 19.6. The number of carboxylic acids is 1. The molecule has 0 aromatic heterocycles. The molecule has 1 N–H and O–H groups in total. The van der Waals surface area contributed by atoms with Gasteiger partial charge in [-0.25, -0.2) is 0 Å². The highest BCUT2D eigenvalue weighted by Gasteiger charge is 2.35. The molecule has 0 saturated carbocycles. The molecule has 1 heterocycles. The lowest BCUT2D eigenvalue weighted by molar-refractivity contribution is -0.137. The first-order valence-corrected chi connectivity index (χ1v) is 11.3. The predicted molar refractivity (Wildman–Crippen MR) is 128 cm³/mol. The summed E-state index contributed by atoms with van der Waals surface area (Å²) in [5, 5.41) is 10.6. The maximum absolute atomic E-state index is 13.2. The fourth-order valence-corrected chi connectivity index (χ4v) is 4.66. The third-order valence-corrected chi connectivity index (χ3v) is 6.04. The Kier molecular flexibility index (Phi) is 6.63. The molecule has 5 nitrogen and oxygen atoms in total. The van der Waals surface area contributed by atoms with Crippen molar-refractivity contribution in [2.75, 3.05) is 6.54 Å². The van der Waals surface area contributed by atoms with E-state index in [4.69, 9.17) is 27.9 Å². The summed E-state index contributed by atoms with van der Waals surface area (Å²) in [7, 11) is 0. The number of halogens is 2. The Morgan fingerprint density at radius 3 is 2.33 bits per heavy atom. The summed E-state index contributed by atoms with van der Waals surface area (Å²) in [4.78, 5) is 26.0. The van der Waals surface area contributed by atoms with Gasteiger partial charge in [0.1, 0.15) is 17.9 Å². The maximum Gasteiger partial charge on any atom is 0.323 e. The van der Waals surface area contributed by atoms with Gasteiger partial charge in [0.25, 0.3) is 5.91 Å². The van der Waals surface area contributed by atoms with Crippen LogP contribution in [0.2, 0.25) is 10.0 Å². The van der Waals surface area contributed by atoms with Gasteiger partial charge in [-0.15, -0.1) is 0 Å². The van der Waals surface area contributed by atoms with Gasteiger partial charge in [-0.1, -0.05) is 47.5 Å². The molecule has 1 aliphatic heterocycles. The molecule has 0 aliphatic carbocycles. The number of hydrogen-bond acceptors (Lipinski definition) is 3. The summed E-state index contributed by atoms with van der Waals surface area (Å²) in [5.74, 6) is -0.705. The molecule has 0 fully saturated rings. The van der Waals surface area contributed by atoms with E-state index >= 15 is 0 Å². The Labute approximate surface area is 202 Å². The predicted octanol–water partition coefficient (Wildman–Crippen LogP) is 5.66. The number of carbonyl (C=O) groups excluding carboxylic acids is 1. The molecule has 1 aliphatic rings. The van der Waals surface area contributed by atoms with Crippen LogP contribution in [-0.4, -0.2) is 34.0 Å². The third-order valence-electron chi connectivity index (χ3n) is 5.57. The number of ether oxygens (including phenoxy) is 1. The number of benzene rings is 3. The first-order valence-electron chi connectivity index (χ1n) is 10.5. The molecule has 0 bridgehead atoms. The molecule has 3 aromatic rings. The molecule has 0 radical (unpaired) electrons. The van der Waals surface area contributed by atoms with Gasteiger partial charge in [0.2, 0.25) is 0 Å². The van der Waals surface area contributed by atoms with Crippen LogP contribution in [0.1, 0.15) is 34.0 Å². The fraction of sp³-hybridized carbons (Fsp3) is 0.231. The minimum atomic E-state index is -1.08. The molecular formula is C26H23Cl2NO4.